The summed E-state index contributed by atoms with van der Waals surface area (Å²) in [5.41, 5.74) is 0.860. The molecule has 3 rings (SSSR count). The fourth-order valence-electron chi connectivity index (χ4n) is 2.17. The lowest BCUT2D eigenvalue weighted by molar-refractivity contribution is -0.117. The SMILES string of the molecule is N#CC(=Cc1ccc(-c2ccc(Cl)cc2)o1)C(=O)NCc1cccs1. The minimum atomic E-state index is -0.430. The molecule has 25 heavy (non-hydrogen) atoms. The van der Waals surface area contributed by atoms with Crippen molar-refractivity contribution in [3.05, 3.63) is 75.1 Å². The second-order valence-corrected chi connectivity index (χ2v) is 6.61. The summed E-state index contributed by atoms with van der Waals surface area (Å²) in [7, 11) is 0. The average molecular weight is 369 g/mol. The average Bonchev–Trinajstić information content (AvgIpc) is 3.30. The molecule has 1 amide bonds. The maximum Gasteiger partial charge on any atom is 0.262 e. The number of carbonyl (C=O) groups excluding carboxylic acids is 1. The van der Waals surface area contributed by atoms with Crippen LogP contribution in [-0.2, 0) is 11.3 Å². The molecule has 0 atom stereocenters. The number of furan rings is 1. The zero-order chi connectivity index (χ0) is 17.6. The maximum absolute atomic E-state index is 12.1. The van der Waals surface area contributed by atoms with E-state index in [9.17, 15) is 10.1 Å². The summed E-state index contributed by atoms with van der Waals surface area (Å²) in [6.07, 6.45) is 1.43. The number of nitrogens with zero attached hydrogens (tertiary/aromatic N) is 1. The molecular formula is C19H13ClN2O2S. The summed E-state index contributed by atoms with van der Waals surface area (Å²) in [5, 5.41) is 14.5. The van der Waals surface area contributed by atoms with Crippen LogP contribution in [0.4, 0.5) is 0 Å². The molecule has 2 heterocycles. The van der Waals surface area contributed by atoms with Crippen LogP contribution in [0.3, 0.4) is 0 Å². The number of hydrogen-bond donors (Lipinski definition) is 1. The Morgan fingerprint density at radius 3 is 2.72 bits per heavy atom. The van der Waals surface area contributed by atoms with Crippen molar-refractivity contribution in [3.63, 3.8) is 0 Å². The van der Waals surface area contributed by atoms with Crippen LogP contribution in [-0.4, -0.2) is 5.91 Å². The van der Waals surface area contributed by atoms with Gasteiger partial charge in [0.05, 0.1) is 6.54 Å². The number of benzene rings is 1. The molecule has 3 aromatic rings. The number of halogens is 1. The molecule has 4 nitrogen and oxygen atoms in total. The van der Waals surface area contributed by atoms with Crippen molar-refractivity contribution in [1.29, 1.82) is 5.26 Å². The summed E-state index contributed by atoms with van der Waals surface area (Å²) in [6, 6.07) is 16.5. The van der Waals surface area contributed by atoms with Gasteiger partial charge in [0.2, 0.25) is 0 Å². The number of nitriles is 1. The van der Waals surface area contributed by atoms with Gasteiger partial charge < -0.3 is 9.73 Å². The Morgan fingerprint density at radius 2 is 2.04 bits per heavy atom. The molecule has 0 saturated carbocycles. The topological polar surface area (TPSA) is 66.0 Å². The number of nitrogens with one attached hydrogen (secondary N) is 1. The van der Waals surface area contributed by atoms with E-state index in [1.165, 1.54) is 6.08 Å². The fraction of sp³-hybridized carbons (Fsp3) is 0.0526. The molecular weight excluding hydrogens is 356 g/mol. The Balaban J connectivity index is 1.72. The van der Waals surface area contributed by atoms with E-state index in [4.69, 9.17) is 16.0 Å². The predicted octanol–water partition coefficient (Wildman–Crippen LogP) is 4.88. The van der Waals surface area contributed by atoms with Gasteiger partial charge in [0.15, 0.2) is 0 Å². The Bertz CT molecular complexity index is 935. The lowest BCUT2D eigenvalue weighted by Crippen LogP contribution is -2.23. The summed E-state index contributed by atoms with van der Waals surface area (Å²) in [6.45, 7) is 0.393. The van der Waals surface area contributed by atoms with Gasteiger partial charge >= 0.3 is 0 Å². The Hall–Kier alpha value is -2.81. The van der Waals surface area contributed by atoms with Crippen molar-refractivity contribution >= 4 is 34.9 Å². The van der Waals surface area contributed by atoms with E-state index >= 15 is 0 Å². The van der Waals surface area contributed by atoms with E-state index < -0.39 is 5.91 Å². The van der Waals surface area contributed by atoms with Crippen LogP contribution in [0.2, 0.25) is 5.02 Å². The van der Waals surface area contributed by atoms with Crippen LogP contribution in [0.15, 0.2) is 63.9 Å². The molecule has 124 valence electrons. The standard InChI is InChI=1S/C19H13ClN2O2S/c20-15-5-3-13(4-6-15)18-8-7-16(24-18)10-14(11-21)19(23)22-12-17-2-1-9-25-17/h1-10H,12H2,(H,22,23). The van der Waals surface area contributed by atoms with Gasteiger partial charge in [-0.3, -0.25) is 4.79 Å². The number of amides is 1. The molecule has 1 aromatic carbocycles. The lowest BCUT2D eigenvalue weighted by Gasteiger charge is -2.01. The molecule has 0 aliphatic carbocycles. The quantitative estimate of drug-likeness (QED) is 0.515. The molecule has 0 aliphatic rings. The number of thiophene rings is 1. The van der Waals surface area contributed by atoms with Gasteiger partial charge in [-0.05, 0) is 47.8 Å². The van der Waals surface area contributed by atoms with Crippen molar-refractivity contribution in [1.82, 2.24) is 5.32 Å². The predicted molar refractivity (Wildman–Crippen MR) is 98.9 cm³/mol. The highest BCUT2D eigenvalue weighted by Crippen LogP contribution is 2.24. The van der Waals surface area contributed by atoms with E-state index in [0.717, 1.165) is 10.4 Å². The molecule has 1 N–H and O–H groups in total. The Kier molecular flexibility index (Phi) is 5.34. The highest BCUT2D eigenvalue weighted by molar-refractivity contribution is 7.09. The zero-order valence-electron chi connectivity index (χ0n) is 13.0. The van der Waals surface area contributed by atoms with Gasteiger partial charge in [-0.2, -0.15) is 5.26 Å². The number of rotatable bonds is 5. The molecule has 0 unspecified atom stereocenters. The van der Waals surface area contributed by atoms with Gasteiger partial charge in [-0.1, -0.05) is 17.7 Å². The Morgan fingerprint density at radius 1 is 1.24 bits per heavy atom. The van der Waals surface area contributed by atoms with Crippen LogP contribution in [0.25, 0.3) is 17.4 Å². The van der Waals surface area contributed by atoms with Crippen LogP contribution < -0.4 is 5.32 Å². The number of hydrogen-bond acceptors (Lipinski definition) is 4. The van der Waals surface area contributed by atoms with E-state index in [0.29, 0.717) is 23.1 Å². The largest absolute Gasteiger partial charge is 0.457 e. The normalized spacial score (nSPS) is 11.1. The van der Waals surface area contributed by atoms with Crippen LogP contribution in [0, 0.1) is 11.3 Å². The third kappa shape index (κ3) is 4.38. The van der Waals surface area contributed by atoms with Crippen molar-refractivity contribution < 1.29 is 9.21 Å². The Labute approximate surface area is 154 Å². The molecule has 6 heteroatoms. The lowest BCUT2D eigenvalue weighted by atomic mass is 10.2. The second kappa shape index (κ2) is 7.84. The molecule has 0 aliphatic heterocycles. The van der Waals surface area contributed by atoms with Crippen molar-refractivity contribution in [2.75, 3.05) is 0 Å². The van der Waals surface area contributed by atoms with Crippen molar-refractivity contribution in [3.8, 4) is 17.4 Å². The van der Waals surface area contributed by atoms with E-state index in [2.05, 4.69) is 5.32 Å². The summed E-state index contributed by atoms with van der Waals surface area (Å²) < 4.78 is 5.69. The minimum Gasteiger partial charge on any atom is -0.457 e. The van der Waals surface area contributed by atoms with Crippen molar-refractivity contribution in [2.45, 2.75) is 6.54 Å². The second-order valence-electron chi connectivity index (χ2n) is 5.14. The van der Waals surface area contributed by atoms with E-state index in [1.54, 1.807) is 35.6 Å². The minimum absolute atomic E-state index is 0.00596. The van der Waals surface area contributed by atoms with Gasteiger partial charge in [-0.25, -0.2) is 0 Å². The van der Waals surface area contributed by atoms with Crippen LogP contribution in [0.5, 0.6) is 0 Å². The first-order valence-corrected chi connectivity index (χ1v) is 8.69. The van der Waals surface area contributed by atoms with Crippen LogP contribution in [0.1, 0.15) is 10.6 Å². The van der Waals surface area contributed by atoms with E-state index in [1.807, 2.05) is 35.7 Å². The molecule has 2 aromatic heterocycles. The summed E-state index contributed by atoms with van der Waals surface area (Å²) in [4.78, 5) is 13.2. The molecule has 0 fully saturated rings. The van der Waals surface area contributed by atoms with Gasteiger partial charge in [-0.15, -0.1) is 11.3 Å². The summed E-state index contributed by atoms with van der Waals surface area (Å²) in [5.74, 6) is 0.646. The maximum atomic E-state index is 12.1. The van der Waals surface area contributed by atoms with Gasteiger partial charge in [0, 0.05) is 21.5 Å². The smallest absolute Gasteiger partial charge is 0.262 e. The van der Waals surface area contributed by atoms with E-state index in [-0.39, 0.29) is 5.57 Å². The first-order valence-electron chi connectivity index (χ1n) is 7.44. The van der Waals surface area contributed by atoms with Gasteiger partial charge in [0.1, 0.15) is 23.2 Å². The van der Waals surface area contributed by atoms with Gasteiger partial charge in [0.25, 0.3) is 5.91 Å². The monoisotopic (exact) mass is 368 g/mol. The zero-order valence-corrected chi connectivity index (χ0v) is 14.6. The third-order valence-corrected chi connectivity index (χ3v) is 4.54. The highest BCUT2D eigenvalue weighted by Gasteiger charge is 2.11. The fourth-order valence-corrected chi connectivity index (χ4v) is 2.94. The molecule has 0 radical (unpaired) electrons. The van der Waals surface area contributed by atoms with Crippen molar-refractivity contribution in [2.24, 2.45) is 0 Å². The highest BCUT2D eigenvalue weighted by atomic mass is 35.5. The number of carbonyl (C=O) groups is 1. The first-order chi connectivity index (χ1) is 12.2. The van der Waals surface area contributed by atoms with Crippen LogP contribution >= 0.6 is 22.9 Å². The molecule has 0 bridgehead atoms. The third-order valence-electron chi connectivity index (χ3n) is 3.41. The molecule has 0 spiro atoms. The molecule has 0 saturated heterocycles. The summed E-state index contributed by atoms with van der Waals surface area (Å²) >= 11 is 7.42. The first kappa shape index (κ1) is 17.0.